The Morgan fingerprint density at radius 3 is 2.08 bits per heavy atom. The molecule has 69 valence electrons. The van der Waals surface area contributed by atoms with Crippen molar-refractivity contribution in [3.05, 3.63) is 29.6 Å². The molecule has 0 unspecified atom stereocenters. The molecule has 0 atom stereocenters. The van der Waals surface area contributed by atoms with Crippen LogP contribution in [-0.2, 0) is 4.79 Å². The first kappa shape index (κ1) is 9.57. The summed E-state index contributed by atoms with van der Waals surface area (Å²) in [5.74, 6) is -4.22. The van der Waals surface area contributed by atoms with E-state index in [-0.39, 0.29) is 5.69 Å². The number of amides is 1. The number of nitrogens with zero attached hydrogens (tertiary/aromatic N) is 1. The van der Waals surface area contributed by atoms with Crippen LogP contribution in [0.5, 0.6) is 0 Å². The van der Waals surface area contributed by atoms with Crippen LogP contribution in [0.25, 0.3) is 0 Å². The van der Waals surface area contributed by atoms with E-state index in [2.05, 4.69) is 0 Å². The number of rotatable bonds is 2. The van der Waals surface area contributed by atoms with Gasteiger partial charge in [0, 0.05) is 24.9 Å². The molecule has 0 aliphatic carbocycles. The Morgan fingerprint density at radius 2 is 1.69 bits per heavy atom. The van der Waals surface area contributed by atoms with Gasteiger partial charge in [-0.25, -0.2) is 13.2 Å². The lowest BCUT2D eigenvalue weighted by molar-refractivity contribution is 0.447. The SMILES string of the molecule is CN([C]=O)c1cc(F)c(F)c(F)c1. The van der Waals surface area contributed by atoms with Gasteiger partial charge in [-0.2, -0.15) is 0 Å². The van der Waals surface area contributed by atoms with E-state index in [1.54, 1.807) is 0 Å². The van der Waals surface area contributed by atoms with Gasteiger partial charge in [0.05, 0.1) is 0 Å². The smallest absolute Gasteiger partial charge is 0.307 e. The minimum Gasteiger partial charge on any atom is -0.307 e. The van der Waals surface area contributed by atoms with Gasteiger partial charge < -0.3 is 4.90 Å². The number of carbonyl (C=O) groups excluding carboxylic acids is 1. The Balaban J connectivity index is 3.20. The fourth-order valence-electron chi connectivity index (χ4n) is 0.788. The van der Waals surface area contributed by atoms with Gasteiger partial charge in [0.2, 0.25) is 0 Å². The number of hydrogen-bond acceptors (Lipinski definition) is 1. The zero-order chi connectivity index (χ0) is 10.0. The van der Waals surface area contributed by atoms with Gasteiger partial charge in [0.25, 0.3) is 0 Å². The van der Waals surface area contributed by atoms with Gasteiger partial charge in [-0.15, -0.1) is 0 Å². The molecule has 0 saturated heterocycles. The van der Waals surface area contributed by atoms with E-state index in [0.717, 1.165) is 4.90 Å². The average Bonchev–Trinajstić information content (AvgIpc) is 2.12. The summed E-state index contributed by atoms with van der Waals surface area (Å²) in [6.07, 6.45) is 1.38. The Labute approximate surface area is 72.6 Å². The van der Waals surface area contributed by atoms with E-state index in [0.29, 0.717) is 12.1 Å². The molecule has 1 aromatic carbocycles. The third-order valence-corrected chi connectivity index (χ3v) is 1.49. The molecule has 1 aromatic rings. The summed E-state index contributed by atoms with van der Waals surface area (Å²) < 4.78 is 37.5. The zero-order valence-electron chi connectivity index (χ0n) is 6.64. The van der Waals surface area contributed by atoms with Crippen LogP contribution in [0.2, 0.25) is 0 Å². The Hall–Kier alpha value is -1.52. The van der Waals surface area contributed by atoms with E-state index >= 15 is 0 Å². The lowest BCUT2D eigenvalue weighted by Gasteiger charge is -2.09. The third-order valence-electron chi connectivity index (χ3n) is 1.49. The minimum atomic E-state index is -1.55. The van der Waals surface area contributed by atoms with E-state index in [1.807, 2.05) is 0 Å². The summed E-state index contributed by atoms with van der Waals surface area (Å²) in [5, 5.41) is 0. The standard InChI is InChI=1S/C8H5F3NO/c1-12(4-13)5-2-6(9)8(11)7(10)3-5/h2-3H,1H3. The fourth-order valence-corrected chi connectivity index (χ4v) is 0.788. The molecule has 1 amide bonds. The van der Waals surface area contributed by atoms with Crippen LogP contribution in [0.3, 0.4) is 0 Å². The van der Waals surface area contributed by atoms with Gasteiger partial charge in [0.15, 0.2) is 17.5 Å². The first-order chi connectivity index (χ1) is 6.06. The summed E-state index contributed by atoms with van der Waals surface area (Å²) >= 11 is 0. The molecule has 0 N–H and O–H groups in total. The second-order valence-electron chi connectivity index (χ2n) is 2.37. The molecule has 0 aliphatic heterocycles. The molecule has 0 spiro atoms. The first-order valence-corrected chi connectivity index (χ1v) is 3.32. The van der Waals surface area contributed by atoms with Crippen LogP contribution in [0.15, 0.2) is 12.1 Å². The summed E-state index contributed by atoms with van der Waals surface area (Å²) in [7, 11) is 1.25. The first-order valence-electron chi connectivity index (χ1n) is 3.32. The zero-order valence-corrected chi connectivity index (χ0v) is 6.64. The van der Waals surface area contributed by atoms with Crippen LogP contribution in [0.1, 0.15) is 0 Å². The molecule has 1 radical (unpaired) electrons. The number of halogens is 3. The van der Waals surface area contributed by atoms with Gasteiger partial charge in [-0.05, 0) is 0 Å². The molecule has 13 heavy (non-hydrogen) atoms. The molecular formula is C8H5F3NO. The second kappa shape index (κ2) is 3.47. The molecule has 0 heterocycles. The van der Waals surface area contributed by atoms with E-state index in [9.17, 15) is 18.0 Å². The van der Waals surface area contributed by atoms with Crippen molar-refractivity contribution in [3.8, 4) is 0 Å². The van der Waals surface area contributed by atoms with Crippen LogP contribution in [0, 0.1) is 17.5 Å². The van der Waals surface area contributed by atoms with Crippen molar-refractivity contribution in [3.63, 3.8) is 0 Å². The highest BCUT2D eigenvalue weighted by Gasteiger charge is 2.12. The third kappa shape index (κ3) is 1.80. The number of anilines is 1. The highest BCUT2D eigenvalue weighted by molar-refractivity contribution is 5.74. The fraction of sp³-hybridized carbons (Fsp3) is 0.125. The molecule has 1 rings (SSSR count). The van der Waals surface area contributed by atoms with E-state index < -0.39 is 17.5 Å². The quantitative estimate of drug-likeness (QED) is 0.510. The maximum Gasteiger partial charge on any atom is 0.316 e. The average molecular weight is 188 g/mol. The maximum atomic E-state index is 12.6. The largest absolute Gasteiger partial charge is 0.316 e. The van der Waals surface area contributed by atoms with Crippen molar-refractivity contribution >= 4 is 12.1 Å². The molecule has 0 saturated carbocycles. The van der Waals surface area contributed by atoms with Gasteiger partial charge in [0.1, 0.15) is 0 Å². The van der Waals surface area contributed by atoms with Crippen LogP contribution in [0.4, 0.5) is 18.9 Å². The normalized spacial score (nSPS) is 9.85. The molecule has 2 nitrogen and oxygen atoms in total. The van der Waals surface area contributed by atoms with Crippen LogP contribution >= 0.6 is 0 Å². The van der Waals surface area contributed by atoms with Crippen molar-refractivity contribution in [1.82, 2.24) is 0 Å². The van der Waals surface area contributed by atoms with Gasteiger partial charge >= 0.3 is 6.41 Å². The summed E-state index contributed by atoms with van der Waals surface area (Å²) in [5.41, 5.74) is -0.0913. The van der Waals surface area contributed by atoms with E-state index in [4.69, 9.17) is 0 Å². The highest BCUT2D eigenvalue weighted by Crippen LogP contribution is 2.18. The second-order valence-corrected chi connectivity index (χ2v) is 2.37. The molecular weight excluding hydrogens is 183 g/mol. The molecule has 0 fully saturated rings. The van der Waals surface area contributed by atoms with Crippen molar-refractivity contribution < 1.29 is 18.0 Å². The van der Waals surface area contributed by atoms with E-state index in [1.165, 1.54) is 13.5 Å². The lowest BCUT2D eigenvalue weighted by atomic mass is 10.2. The maximum absolute atomic E-state index is 12.6. The van der Waals surface area contributed by atoms with Crippen LogP contribution in [-0.4, -0.2) is 13.5 Å². The Kier molecular flexibility index (Phi) is 2.55. The minimum absolute atomic E-state index is 0.0913. The van der Waals surface area contributed by atoms with Gasteiger partial charge in [-0.3, -0.25) is 4.79 Å². The molecule has 0 aliphatic rings. The summed E-state index contributed by atoms with van der Waals surface area (Å²) in [4.78, 5) is 10.9. The predicted molar refractivity (Wildman–Crippen MR) is 40.4 cm³/mol. The Morgan fingerprint density at radius 1 is 1.23 bits per heavy atom. The van der Waals surface area contributed by atoms with Crippen molar-refractivity contribution in [2.24, 2.45) is 0 Å². The monoisotopic (exact) mass is 188 g/mol. The molecule has 0 bridgehead atoms. The highest BCUT2D eigenvalue weighted by atomic mass is 19.2. The van der Waals surface area contributed by atoms with Crippen molar-refractivity contribution in [2.45, 2.75) is 0 Å². The Bertz CT molecular complexity index is 317. The number of benzene rings is 1. The predicted octanol–water partition coefficient (Wildman–Crippen LogP) is 1.61. The summed E-state index contributed by atoms with van der Waals surface area (Å²) in [6.45, 7) is 0. The van der Waals surface area contributed by atoms with Crippen molar-refractivity contribution in [2.75, 3.05) is 11.9 Å². The topological polar surface area (TPSA) is 20.3 Å². The molecule has 5 heteroatoms. The van der Waals surface area contributed by atoms with Crippen molar-refractivity contribution in [1.29, 1.82) is 0 Å². The lowest BCUT2D eigenvalue weighted by Crippen LogP contribution is -2.14. The molecule has 0 aromatic heterocycles. The number of hydrogen-bond donors (Lipinski definition) is 0. The van der Waals surface area contributed by atoms with Gasteiger partial charge in [-0.1, -0.05) is 0 Å². The van der Waals surface area contributed by atoms with Crippen LogP contribution < -0.4 is 4.90 Å². The summed E-state index contributed by atoms with van der Waals surface area (Å²) in [6, 6.07) is 1.42.